The molecule has 1 N–H and O–H groups in total. The van der Waals surface area contributed by atoms with Gasteiger partial charge in [0.15, 0.2) is 0 Å². The highest BCUT2D eigenvalue weighted by atomic mass is 16.3. The van der Waals surface area contributed by atoms with Crippen molar-refractivity contribution in [2.45, 2.75) is 143 Å². The zero-order valence-corrected chi connectivity index (χ0v) is 25.4. The van der Waals surface area contributed by atoms with Gasteiger partial charge < -0.3 is 5.11 Å². The molecule has 2 aromatic rings. The second kappa shape index (κ2) is 19.6. The number of aromatic hydroxyl groups is 1. The minimum Gasteiger partial charge on any atom is -0.493 e. The van der Waals surface area contributed by atoms with Crippen LogP contribution in [0.15, 0.2) is 45.4 Å². The molecule has 0 spiro atoms. The standard InChI is InChI=1S/C34H55N3O2/c1-5-8-10-11-12-13-14-15-16-17-18-19-21-30-22-24-31(25-23-30)35-36-33-28(4)26-32(38)37(34(33)39)27-29(7-3)20-9-6-2/h22-26,29,39H,5-21,27H2,1-4H3/b36-35+. The lowest BCUT2D eigenvalue weighted by atomic mass is 9.99. The van der Waals surface area contributed by atoms with Gasteiger partial charge in [0, 0.05) is 12.6 Å². The predicted octanol–water partition coefficient (Wildman–Crippen LogP) is 10.7. The molecule has 0 aliphatic rings. The number of benzene rings is 1. The van der Waals surface area contributed by atoms with E-state index in [0.717, 1.165) is 37.8 Å². The zero-order chi connectivity index (χ0) is 28.3. The molecule has 0 saturated carbocycles. The van der Waals surface area contributed by atoms with Crippen LogP contribution in [0.3, 0.4) is 0 Å². The van der Waals surface area contributed by atoms with E-state index in [2.05, 4.69) is 43.1 Å². The van der Waals surface area contributed by atoms with Crippen molar-refractivity contribution in [2.75, 3.05) is 0 Å². The summed E-state index contributed by atoms with van der Waals surface area (Å²) in [4.78, 5) is 12.6. The summed E-state index contributed by atoms with van der Waals surface area (Å²) >= 11 is 0. The highest BCUT2D eigenvalue weighted by Crippen LogP contribution is 2.31. The Bertz CT molecular complexity index is 1010. The summed E-state index contributed by atoms with van der Waals surface area (Å²) in [6.07, 6.45) is 21.8. The van der Waals surface area contributed by atoms with E-state index in [0.29, 0.717) is 23.7 Å². The van der Waals surface area contributed by atoms with Crippen LogP contribution in [0.5, 0.6) is 5.88 Å². The number of azo groups is 1. The number of unbranched alkanes of at least 4 members (excludes halogenated alkanes) is 12. The van der Waals surface area contributed by atoms with Crippen LogP contribution in [0.1, 0.15) is 135 Å². The van der Waals surface area contributed by atoms with Crippen molar-refractivity contribution in [3.05, 3.63) is 51.8 Å². The van der Waals surface area contributed by atoms with Crippen LogP contribution in [0.2, 0.25) is 0 Å². The SMILES string of the molecule is CCCCCCCCCCCCCCc1ccc(/N=N/c2c(C)cc(=O)n(CC(CC)CCCC)c2O)cc1. The van der Waals surface area contributed by atoms with Gasteiger partial charge in [-0.3, -0.25) is 9.36 Å². The molecule has 0 bridgehead atoms. The minimum absolute atomic E-state index is 0.0812. The third-order valence-corrected chi connectivity index (χ3v) is 7.95. The Labute approximate surface area is 238 Å². The molecule has 1 aromatic heterocycles. The Hall–Kier alpha value is -2.43. The first-order valence-electron chi connectivity index (χ1n) is 15.9. The molecular formula is C34H55N3O2. The summed E-state index contributed by atoms with van der Waals surface area (Å²) in [7, 11) is 0. The van der Waals surface area contributed by atoms with Crippen molar-refractivity contribution in [3.8, 4) is 5.88 Å². The van der Waals surface area contributed by atoms with Crippen LogP contribution in [-0.4, -0.2) is 9.67 Å². The molecule has 0 aliphatic heterocycles. The second-order valence-corrected chi connectivity index (χ2v) is 11.4. The Morgan fingerprint density at radius 1 is 0.769 bits per heavy atom. The second-order valence-electron chi connectivity index (χ2n) is 11.4. The van der Waals surface area contributed by atoms with Gasteiger partial charge in [-0.05, 0) is 55.4 Å². The number of hydrogen-bond donors (Lipinski definition) is 1. The normalized spacial score (nSPS) is 12.4. The molecule has 0 amide bonds. The van der Waals surface area contributed by atoms with Crippen molar-refractivity contribution < 1.29 is 5.11 Å². The van der Waals surface area contributed by atoms with Gasteiger partial charge in [-0.2, -0.15) is 5.11 Å². The molecule has 1 aromatic carbocycles. The fourth-order valence-corrected chi connectivity index (χ4v) is 5.22. The van der Waals surface area contributed by atoms with Gasteiger partial charge in [0.1, 0.15) is 5.69 Å². The van der Waals surface area contributed by atoms with Gasteiger partial charge in [0.05, 0.1) is 5.69 Å². The Balaban J connectivity index is 1.79. The summed E-state index contributed by atoms with van der Waals surface area (Å²) in [5, 5.41) is 19.6. The topological polar surface area (TPSA) is 67.0 Å². The summed E-state index contributed by atoms with van der Waals surface area (Å²) in [5.41, 5.74) is 2.91. The number of aromatic nitrogens is 1. The van der Waals surface area contributed by atoms with E-state index in [1.807, 2.05) is 12.1 Å². The first-order chi connectivity index (χ1) is 19.0. The van der Waals surface area contributed by atoms with Gasteiger partial charge in [-0.25, -0.2) is 0 Å². The number of nitrogens with zero attached hydrogens (tertiary/aromatic N) is 3. The van der Waals surface area contributed by atoms with Gasteiger partial charge in [0.2, 0.25) is 5.88 Å². The lowest BCUT2D eigenvalue weighted by Gasteiger charge is -2.18. The maximum Gasteiger partial charge on any atom is 0.253 e. The molecule has 1 atom stereocenters. The Morgan fingerprint density at radius 2 is 1.33 bits per heavy atom. The fraction of sp³-hybridized carbons (Fsp3) is 0.676. The maximum atomic E-state index is 12.6. The highest BCUT2D eigenvalue weighted by Gasteiger charge is 2.16. The van der Waals surface area contributed by atoms with Crippen LogP contribution in [0.4, 0.5) is 11.4 Å². The molecule has 0 aliphatic carbocycles. The molecule has 0 saturated heterocycles. The average molecular weight is 538 g/mol. The van der Waals surface area contributed by atoms with Crippen LogP contribution in [0.25, 0.3) is 0 Å². The largest absolute Gasteiger partial charge is 0.493 e. The molecule has 5 nitrogen and oxygen atoms in total. The Morgan fingerprint density at radius 3 is 1.90 bits per heavy atom. The summed E-state index contributed by atoms with van der Waals surface area (Å²) in [5.74, 6) is 0.279. The number of rotatable bonds is 21. The minimum atomic E-state index is -0.180. The fourth-order valence-electron chi connectivity index (χ4n) is 5.22. The van der Waals surface area contributed by atoms with Gasteiger partial charge in [-0.15, -0.1) is 5.11 Å². The first-order valence-corrected chi connectivity index (χ1v) is 15.9. The van der Waals surface area contributed by atoms with Gasteiger partial charge in [-0.1, -0.05) is 123 Å². The molecule has 0 fully saturated rings. The maximum absolute atomic E-state index is 12.6. The lowest BCUT2D eigenvalue weighted by molar-refractivity contribution is 0.340. The molecule has 39 heavy (non-hydrogen) atoms. The van der Waals surface area contributed by atoms with Gasteiger partial charge in [0.25, 0.3) is 5.56 Å². The van der Waals surface area contributed by atoms with Crippen molar-refractivity contribution >= 4 is 11.4 Å². The molecule has 5 heteroatoms. The summed E-state index contributed by atoms with van der Waals surface area (Å²) < 4.78 is 1.46. The summed E-state index contributed by atoms with van der Waals surface area (Å²) in [6, 6.07) is 9.78. The lowest BCUT2D eigenvalue weighted by Crippen LogP contribution is -2.23. The molecule has 1 heterocycles. The molecule has 1 unspecified atom stereocenters. The van der Waals surface area contributed by atoms with E-state index < -0.39 is 0 Å². The first kappa shape index (κ1) is 32.8. The van der Waals surface area contributed by atoms with Crippen LogP contribution in [-0.2, 0) is 13.0 Å². The van der Waals surface area contributed by atoms with Crippen molar-refractivity contribution in [1.29, 1.82) is 0 Å². The van der Waals surface area contributed by atoms with Crippen LogP contribution in [0, 0.1) is 12.8 Å². The molecule has 2 rings (SSSR count). The smallest absolute Gasteiger partial charge is 0.253 e. The van der Waals surface area contributed by atoms with Gasteiger partial charge >= 0.3 is 0 Å². The number of hydrogen-bond acceptors (Lipinski definition) is 4. The van der Waals surface area contributed by atoms with E-state index in [1.54, 1.807) is 13.0 Å². The van der Waals surface area contributed by atoms with Crippen LogP contribution >= 0.6 is 0 Å². The Kier molecular flexibility index (Phi) is 16.5. The van der Waals surface area contributed by atoms with E-state index in [-0.39, 0.29) is 11.4 Å². The monoisotopic (exact) mass is 537 g/mol. The van der Waals surface area contributed by atoms with E-state index in [1.165, 1.54) is 87.2 Å². The average Bonchev–Trinajstić information content (AvgIpc) is 2.93. The zero-order valence-electron chi connectivity index (χ0n) is 25.4. The van der Waals surface area contributed by atoms with Crippen molar-refractivity contribution in [2.24, 2.45) is 16.1 Å². The predicted molar refractivity (Wildman–Crippen MR) is 166 cm³/mol. The third kappa shape index (κ3) is 12.5. The van der Waals surface area contributed by atoms with E-state index in [9.17, 15) is 9.90 Å². The molecule has 0 radical (unpaired) electrons. The quantitative estimate of drug-likeness (QED) is 0.127. The van der Waals surface area contributed by atoms with Crippen molar-refractivity contribution in [1.82, 2.24) is 4.57 Å². The molecule has 218 valence electrons. The highest BCUT2D eigenvalue weighted by molar-refractivity contribution is 5.53. The molecular weight excluding hydrogens is 482 g/mol. The van der Waals surface area contributed by atoms with E-state index in [4.69, 9.17) is 0 Å². The van der Waals surface area contributed by atoms with Crippen molar-refractivity contribution in [3.63, 3.8) is 0 Å². The third-order valence-electron chi connectivity index (χ3n) is 7.95. The van der Waals surface area contributed by atoms with Crippen LogP contribution < -0.4 is 5.56 Å². The number of pyridine rings is 1. The van der Waals surface area contributed by atoms with E-state index >= 15 is 0 Å². The number of aryl methyl sites for hydroxylation is 2. The summed E-state index contributed by atoms with van der Waals surface area (Å²) in [6.45, 7) is 8.90.